The SMILES string of the molecule is O=C(O)CN(C(=O)[C@@H]1C[C@@H]1c1cccc(C(F)(F)F)c1)C1CCOCC1. The van der Waals surface area contributed by atoms with E-state index in [1.807, 2.05) is 0 Å². The van der Waals surface area contributed by atoms with E-state index in [2.05, 4.69) is 0 Å². The maximum atomic E-state index is 12.9. The molecule has 1 saturated heterocycles. The molecule has 1 aromatic rings. The molecule has 8 heteroatoms. The Morgan fingerprint density at radius 2 is 1.92 bits per heavy atom. The predicted molar refractivity (Wildman–Crippen MR) is 85.5 cm³/mol. The maximum absolute atomic E-state index is 12.9. The Hall–Kier alpha value is -2.09. The van der Waals surface area contributed by atoms with E-state index in [0.29, 0.717) is 38.0 Å². The first kappa shape index (κ1) is 18.7. The van der Waals surface area contributed by atoms with Crippen LogP contribution >= 0.6 is 0 Å². The van der Waals surface area contributed by atoms with E-state index in [1.165, 1.54) is 11.0 Å². The third-order valence-corrected chi connectivity index (χ3v) is 4.97. The summed E-state index contributed by atoms with van der Waals surface area (Å²) < 4.78 is 43.9. The number of halogens is 3. The van der Waals surface area contributed by atoms with Crippen molar-refractivity contribution in [1.29, 1.82) is 0 Å². The van der Waals surface area contributed by atoms with E-state index in [9.17, 15) is 22.8 Å². The number of rotatable bonds is 5. The first-order valence-electron chi connectivity index (χ1n) is 8.54. The van der Waals surface area contributed by atoms with Gasteiger partial charge < -0.3 is 14.7 Å². The monoisotopic (exact) mass is 371 g/mol. The summed E-state index contributed by atoms with van der Waals surface area (Å²) in [4.78, 5) is 25.3. The number of carboxylic acid groups (broad SMARTS) is 1. The van der Waals surface area contributed by atoms with Crippen LogP contribution in [0.5, 0.6) is 0 Å². The number of benzene rings is 1. The van der Waals surface area contributed by atoms with E-state index in [1.54, 1.807) is 6.07 Å². The normalized spacial score (nSPS) is 23.5. The van der Waals surface area contributed by atoms with Gasteiger partial charge in [-0.15, -0.1) is 0 Å². The largest absolute Gasteiger partial charge is 0.480 e. The molecule has 0 bridgehead atoms. The third-order valence-electron chi connectivity index (χ3n) is 4.97. The number of nitrogens with zero attached hydrogens (tertiary/aromatic N) is 1. The first-order valence-corrected chi connectivity index (χ1v) is 8.54. The highest BCUT2D eigenvalue weighted by Crippen LogP contribution is 2.49. The minimum absolute atomic E-state index is 0.199. The Morgan fingerprint density at radius 3 is 2.54 bits per heavy atom. The molecule has 1 amide bonds. The van der Waals surface area contributed by atoms with Gasteiger partial charge in [0.25, 0.3) is 0 Å². The van der Waals surface area contributed by atoms with Gasteiger partial charge in [0, 0.05) is 25.2 Å². The summed E-state index contributed by atoms with van der Waals surface area (Å²) in [6.45, 7) is 0.543. The Bertz CT molecular complexity index is 685. The number of carbonyl (C=O) groups is 2. The number of carboxylic acids is 1. The van der Waals surface area contributed by atoms with Crippen molar-refractivity contribution in [2.45, 2.75) is 37.4 Å². The van der Waals surface area contributed by atoms with Crippen LogP contribution in [0, 0.1) is 5.92 Å². The lowest BCUT2D eigenvalue weighted by molar-refractivity contribution is -0.148. The molecule has 1 saturated carbocycles. The summed E-state index contributed by atoms with van der Waals surface area (Å²) in [5, 5.41) is 9.12. The molecular formula is C18H20F3NO4. The first-order chi connectivity index (χ1) is 12.3. The molecule has 2 aliphatic rings. The molecule has 26 heavy (non-hydrogen) atoms. The van der Waals surface area contributed by atoms with Gasteiger partial charge in [0.05, 0.1) is 5.56 Å². The molecule has 1 aliphatic carbocycles. The second-order valence-corrected chi connectivity index (χ2v) is 6.78. The summed E-state index contributed by atoms with van der Waals surface area (Å²) in [7, 11) is 0. The van der Waals surface area contributed by atoms with Crippen molar-refractivity contribution in [2.24, 2.45) is 5.92 Å². The van der Waals surface area contributed by atoms with Crippen molar-refractivity contribution < 1.29 is 32.6 Å². The molecule has 5 nitrogen and oxygen atoms in total. The number of aliphatic carboxylic acids is 1. The van der Waals surface area contributed by atoms with Crippen LogP contribution in [-0.4, -0.2) is 47.7 Å². The average Bonchev–Trinajstić information content (AvgIpc) is 3.40. The molecule has 142 valence electrons. The molecule has 0 unspecified atom stereocenters. The van der Waals surface area contributed by atoms with Crippen LogP contribution in [0.15, 0.2) is 24.3 Å². The van der Waals surface area contributed by atoms with Gasteiger partial charge in [-0.2, -0.15) is 13.2 Å². The fourth-order valence-electron chi connectivity index (χ4n) is 3.52. The second-order valence-electron chi connectivity index (χ2n) is 6.78. The van der Waals surface area contributed by atoms with Gasteiger partial charge in [0.15, 0.2) is 0 Å². The molecule has 2 fully saturated rings. The molecular weight excluding hydrogens is 351 g/mol. The minimum Gasteiger partial charge on any atom is -0.480 e. The Balaban J connectivity index is 1.72. The van der Waals surface area contributed by atoms with Crippen LogP contribution in [0.4, 0.5) is 13.2 Å². The van der Waals surface area contributed by atoms with Crippen molar-refractivity contribution >= 4 is 11.9 Å². The van der Waals surface area contributed by atoms with Gasteiger partial charge in [-0.25, -0.2) is 0 Å². The molecule has 0 aromatic heterocycles. The number of hydrogen-bond donors (Lipinski definition) is 1. The predicted octanol–water partition coefficient (Wildman–Crippen LogP) is 2.90. The van der Waals surface area contributed by atoms with Gasteiger partial charge in [-0.3, -0.25) is 9.59 Å². The second kappa shape index (κ2) is 7.26. The maximum Gasteiger partial charge on any atom is 0.416 e. The molecule has 1 aromatic carbocycles. The van der Waals surface area contributed by atoms with Crippen molar-refractivity contribution in [3.8, 4) is 0 Å². The van der Waals surface area contributed by atoms with Gasteiger partial charge in [0.2, 0.25) is 5.91 Å². The Morgan fingerprint density at radius 1 is 1.23 bits per heavy atom. The van der Waals surface area contributed by atoms with E-state index in [4.69, 9.17) is 9.84 Å². The zero-order chi connectivity index (χ0) is 18.9. The zero-order valence-corrected chi connectivity index (χ0v) is 14.0. The van der Waals surface area contributed by atoms with Gasteiger partial charge >= 0.3 is 12.1 Å². The smallest absolute Gasteiger partial charge is 0.416 e. The van der Waals surface area contributed by atoms with Crippen molar-refractivity contribution in [3.63, 3.8) is 0 Å². The van der Waals surface area contributed by atoms with Crippen molar-refractivity contribution in [3.05, 3.63) is 35.4 Å². The third kappa shape index (κ3) is 4.17. The summed E-state index contributed by atoms with van der Waals surface area (Å²) in [5.74, 6) is -2.13. The van der Waals surface area contributed by atoms with Gasteiger partial charge in [0.1, 0.15) is 6.54 Å². The lowest BCUT2D eigenvalue weighted by atomic mass is 10.0. The Kier molecular flexibility index (Phi) is 5.22. The van der Waals surface area contributed by atoms with Crippen LogP contribution in [0.1, 0.15) is 36.3 Å². The van der Waals surface area contributed by atoms with Crippen LogP contribution in [-0.2, 0) is 20.5 Å². The van der Waals surface area contributed by atoms with Crippen LogP contribution < -0.4 is 0 Å². The molecule has 1 aliphatic heterocycles. The highest BCUT2D eigenvalue weighted by molar-refractivity contribution is 5.86. The highest BCUT2D eigenvalue weighted by Gasteiger charge is 2.47. The van der Waals surface area contributed by atoms with E-state index in [-0.39, 0.29) is 17.9 Å². The number of carbonyl (C=O) groups excluding carboxylic acids is 1. The molecule has 0 spiro atoms. The number of amides is 1. The van der Waals surface area contributed by atoms with E-state index >= 15 is 0 Å². The zero-order valence-electron chi connectivity index (χ0n) is 14.0. The summed E-state index contributed by atoms with van der Waals surface area (Å²) >= 11 is 0. The highest BCUT2D eigenvalue weighted by atomic mass is 19.4. The lowest BCUT2D eigenvalue weighted by Gasteiger charge is -2.33. The van der Waals surface area contributed by atoms with Crippen molar-refractivity contribution in [1.82, 2.24) is 4.90 Å². The molecule has 2 atom stereocenters. The topological polar surface area (TPSA) is 66.8 Å². The molecule has 1 heterocycles. The minimum atomic E-state index is -4.43. The fraction of sp³-hybridized carbons (Fsp3) is 0.556. The van der Waals surface area contributed by atoms with Gasteiger partial charge in [-0.1, -0.05) is 18.2 Å². The fourth-order valence-corrected chi connectivity index (χ4v) is 3.52. The lowest BCUT2D eigenvalue weighted by Crippen LogP contribution is -2.46. The van der Waals surface area contributed by atoms with E-state index < -0.39 is 30.2 Å². The molecule has 3 rings (SSSR count). The van der Waals surface area contributed by atoms with E-state index in [0.717, 1.165) is 12.1 Å². The van der Waals surface area contributed by atoms with Crippen LogP contribution in [0.3, 0.4) is 0 Å². The van der Waals surface area contributed by atoms with Gasteiger partial charge in [-0.05, 0) is 36.8 Å². The number of ether oxygens (including phenoxy) is 1. The van der Waals surface area contributed by atoms with Crippen LogP contribution in [0.2, 0.25) is 0 Å². The number of hydrogen-bond acceptors (Lipinski definition) is 3. The summed E-state index contributed by atoms with van der Waals surface area (Å²) in [5.41, 5.74) is -0.264. The quantitative estimate of drug-likeness (QED) is 0.864. The van der Waals surface area contributed by atoms with Crippen LogP contribution in [0.25, 0.3) is 0 Å². The van der Waals surface area contributed by atoms with Crippen molar-refractivity contribution in [2.75, 3.05) is 19.8 Å². The number of alkyl halides is 3. The average molecular weight is 371 g/mol. The summed E-state index contributed by atoms with van der Waals surface area (Å²) in [6, 6.07) is 4.81. The summed E-state index contributed by atoms with van der Waals surface area (Å²) in [6.07, 6.45) is -2.85. The Labute approximate surface area is 148 Å². The molecule has 0 radical (unpaired) electrons. The standard InChI is InChI=1S/C18H20F3NO4/c19-18(20,21)12-3-1-2-11(8-12)14-9-15(14)17(25)22(10-16(23)24)13-4-6-26-7-5-13/h1-3,8,13-15H,4-7,9-10H2,(H,23,24)/t14-,15-/m1/s1. The molecule has 1 N–H and O–H groups in total.